The highest BCUT2D eigenvalue weighted by Crippen LogP contribution is 2.45. The second kappa shape index (κ2) is 3.30. The van der Waals surface area contributed by atoms with Gasteiger partial charge >= 0.3 is 5.97 Å². The first-order chi connectivity index (χ1) is 7.37. The molecular formula is C11H15NO4. The van der Waals surface area contributed by atoms with E-state index in [1.807, 2.05) is 6.92 Å². The van der Waals surface area contributed by atoms with E-state index in [1.165, 1.54) is 0 Å². The van der Waals surface area contributed by atoms with Gasteiger partial charge in [0.05, 0.1) is 17.9 Å². The number of carboxylic acid groups (broad SMARTS) is 1. The number of piperidine rings is 1. The quantitative estimate of drug-likeness (QED) is 0.651. The molecule has 5 nitrogen and oxygen atoms in total. The predicted octanol–water partition coefficient (Wildman–Crippen LogP) is 0.287. The van der Waals surface area contributed by atoms with Gasteiger partial charge in [-0.3, -0.25) is 14.4 Å². The minimum atomic E-state index is -0.994. The van der Waals surface area contributed by atoms with E-state index in [4.69, 9.17) is 0 Å². The van der Waals surface area contributed by atoms with Crippen molar-refractivity contribution in [1.29, 1.82) is 0 Å². The third kappa shape index (κ3) is 1.27. The van der Waals surface area contributed by atoms with Crippen LogP contribution in [-0.4, -0.2) is 40.3 Å². The number of fused-ring (bicyclic) bond motifs is 1. The summed E-state index contributed by atoms with van der Waals surface area (Å²) in [5, 5.41) is 9.31. The van der Waals surface area contributed by atoms with E-state index in [1.54, 1.807) is 11.8 Å². The molecule has 0 spiro atoms. The molecule has 3 unspecified atom stereocenters. The molecule has 2 saturated heterocycles. The summed E-state index contributed by atoms with van der Waals surface area (Å²) in [6.45, 7) is 3.90. The molecule has 2 fully saturated rings. The molecular weight excluding hydrogens is 210 g/mol. The lowest BCUT2D eigenvalue weighted by Gasteiger charge is -2.35. The van der Waals surface area contributed by atoms with E-state index in [9.17, 15) is 19.5 Å². The zero-order valence-electron chi connectivity index (χ0n) is 9.40. The van der Waals surface area contributed by atoms with Gasteiger partial charge in [-0.25, -0.2) is 0 Å². The minimum absolute atomic E-state index is 0.0705. The van der Waals surface area contributed by atoms with E-state index < -0.39 is 17.4 Å². The van der Waals surface area contributed by atoms with Crippen LogP contribution in [0.2, 0.25) is 0 Å². The number of nitrogens with zero attached hydrogens (tertiary/aromatic N) is 1. The van der Waals surface area contributed by atoms with Crippen LogP contribution in [0.1, 0.15) is 26.7 Å². The maximum absolute atomic E-state index is 11.7. The molecule has 0 bridgehead atoms. The number of carbonyl (C=O) groups excluding carboxylic acids is 2. The summed E-state index contributed by atoms with van der Waals surface area (Å²) in [7, 11) is 0. The van der Waals surface area contributed by atoms with Gasteiger partial charge in [0.25, 0.3) is 0 Å². The second-order valence-electron chi connectivity index (χ2n) is 4.97. The van der Waals surface area contributed by atoms with Gasteiger partial charge in [0, 0.05) is 13.0 Å². The van der Waals surface area contributed by atoms with Crippen LogP contribution in [0.25, 0.3) is 0 Å². The predicted molar refractivity (Wildman–Crippen MR) is 54.6 cm³/mol. The molecule has 1 N–H and O–H groups in total. The number of amides is 1. The molecule has 0 aromatic heterocycles. The standard InChI is InChI=1S/C11H15NO4/c1-6-5-12-8(11(6,2)10(15)16)3-7(13)4-9(12)14/h6,8H,3-5H2,1-2H3,(H,15,16). The molecule has 0 aromatic rings. The smallest absolute Gasteiger partial charge is 0.311 e. The van der Waals surface area contributed by atoms with Crippen LogP contribution in [-0.2, 0) is 14.4 Å². The Morgan fingerprint density at radius 3 is 2.69 bits per heavy atom. The maximum Gasteiger partial charge on any atom is 0.311 e. The van der Waals surface area contributed by atoms with Crippen LogP contribution in [0.4, 0.5) is 0 Å². The number of ketones is 1. The van der Waals surface area contributed by atoms with E-state index in [2.05, 4.69) is 0 Å². The Bertz CT molecular complexity index is 378. The summed E-state index contributed by atoms with van der Waals surface area (Å²) in [5.74, 6) is -1.41. The highest BCUT2D eigenvalue weighted by Gasteiger charge is 2.57. The molecule has 0 radical (unpaired) electrons. The zero-order valence-corrected chi connectivity index (χ0v) is 9.40. The third-order valence-corrected chi connectivity index (χ3v) is 4.11. The number of hydrogen-bond acceptors (Lipinski definition) is 3. The SMILES string of the molecule is CC1CN2C(=O)CC(=O)CC2C1(C)C(=O)O. The van der Waals surface area contributed by atoms with Crippen LogP contribution >= 0.6 is 0 Å². The first-order valence-corrected chi connectivity index (χ1v) is 5.42. The Morgan fingerprint density at radius 1 is 1.50 bits per heavy atom. The number of rotatable bonds is 1. The van der Waals surface area contributed by atoms with Crippen molar-refractivity contribution in [3.8, 4) is 0 Å². The average molecular weight is 225 g/mol. The molecule has 2 rings (SSSR count). The number of Topliss-reactive ketones (excluding diaryl/α,β-unsaturated/α-hetero) is 1. The Morgan fingerprint density at radius 2 is 2.12 bits per heavy atom. The van der Waals surface area contributed by atoms with Crippen molar-refractivity contribution in [1.82, 2.24) is 4.90 Å². The molecule has 5 heteroatoms. The van der Waals surface area contributed by atoms with Crippen molar-refractivity contribution in [2.45, 2.75) is 32.7 Å². The fourth-order valence-corrected chi connectivity index (χ4v) is 2.77. The molecule has 3 atom stereocenters. The topological polar surface area (TPSA) is 74.7 Å². The summed E-state index contributed by atoms with van der Waals surface area (Å²) in [4.78, 5) is 36.0. The molecule has 2 heterocycles. The molecule has 0 saturated carbocycles. The number of carbonyl (C=O) groups is 3. The van der Waals surface area contributed by atoms with Crippen molar-refractivity contribution in [2.75, 3.05) is 6.54 Å². The van der Waals surface area contributed by atoms with Crippen molar-refractivity contribution >= 4 is 17.7 Å². The van der Waals surface area contributed by atoms with E-state index >= 15 is 0 Å². The van der Waals surface area contributed by atoms with Crippen LogP contribution in [0.3, 0.4) is 0 Å². The van der Waals surface area contributed by atoms with Gasteiger partial charge in [-0.05, 0) is 12.8 Å². The van der Waals surface area contributed by atoms with Crippen LogP contribution < -0.4 is 0 Å². The van der Waals surface area contributed by atoms with Gasteiger partial charge in [0.1, 0.15) is 5.78 Å². The molecule has 2 aliphatic heterocycles. The van der Waals surface area contributed by atoms with Crippen LogP contribution in [0.5, 0.6) is 0 Å². The lowest BCUT2D eigenvalue weighted by atomic mass is 9.73. The maximum atomic E-state index is 11.7. The molecule has 16 heavy (non-hydrogen) atoms. The van der Waals surface area contributed by atoms with Gasteiger partial charge in [0.2, 0.25) is 5.91 Å². The third-order valence-electron chi connectivity index (χ3n) is 4.11. The van der Waals surface area contributed by atoms with Gasteiger partial charge in [-0.1, -0.05) is 6.92 Å². The average Bonchev–Trinajstić information content (AvgIpc) is 2.43. The normalized spacial score (nSPS) is 38.8. The summed E-state index contributed by atoms with van der Waals surface area (Å²) in [6.07, 6.45) is 0.109. The number of aliphatic carboxylic acids is 1. The Hall–Kier alpha value is -1.39. The molecule has 0 aromatic carbocycles. The largest absolute Gasteiger partial charge is 0.481 e. The summed E-state index contributed by atoms with van der Waals surface area (Å²) >= 11 is 0. The lowest BCUT2D eigenvalue weighted by molar-refractivity contribution is -0.154. The van der Waals surface area contributed by atoms with E-state index in [0.717, 1.165) is 0 Å². The first kappa shape index (κ1) is 11.1. The summed E-state index contributed by atoms with van der Waals surface area (Å²) in [6, 6.07) is -0.464. The van der Waals surface area contributed by atoms with E-state index in [-0.39, 0.29) is 30.4 Å². The molecule has 0 aliphatic carbocycles. The van der Waals surface area contributed by atoms with Crippen molar-refractivity contribution in [2.24, 2.45) is 11.3 Å². The summed E-state index contributed by atoms with van der Waals surface area (Å²) in [5.41, 5.74) is -0.994. The molecule has 1 amide bonds. The highest BCUT2D eigenvalue weighted by molar-refractivity contribution is 6.02. The zero-order chi connectivity index (χ0) is 12.1. The fourth-order valence-electron chi connectivity index (χ4n) is 2.77. The summed E-state index contributed by atoms with van der Waals surface area (Å²) < 4.78 is 0. The lowest BCUT2D eigenvalue weighted by Crippen LogP contribution is -2.50. The number of hydrogen-bond donors (Lipinski definition) is 1. The van der Waals surface area contributed by atoms with Gasteiger partial charge < -0.3 is 10.0 Å². The highest BCUT2D eigenvalue weighted by atomic mass is 16.4. The van der Waals surface area contributed by atoms with Crippen molar-refractivity contribution < 1.29 is 19.5 Å². The van der Waals surface area contributed by atoms with Crippen LogP contribution in [0, 0.1) is 11.3 Å². The molecule has 88 valence electrons. The Balaban J connectivity index is 2.39. The fraction of sp³-hybridized carbons (Fsp3) is 0.727. The van der Waals surface area contributed by atoms with Crippen LogP contribution in [0.15, 0.2) is 0 Å². The van der Waals surface area contributed by atoms with Gasteiger partial charge in [-0.2, -0.15) is 0 Å². The Kier molecular flexibility index (Phi) is 2.29. The van der Waals surface area contributed by atoms with Gasteiger partial charge in [-0.15, -0.1) is 0 Å². The minimum Gasteiger partial charge on any atom is -0.481 e. The number of carboxylic acids is 1. The van der Waals surface area contributed by atoms with Crippen molar-refractivity contribution in [3.63, 3.8) is 0 Å². The molecule has 2 aliphatic rings. The monoisotopic (exact) mass is 225 g/mol. The van der Waals surface area contributed by atoms with Crippen molar-refractivity contribution in [3.05, 3.63) is 0 Å². The Labute approximate surface area is 93.4 Å². The van der Waals surface area contributed by atoms with Gasteiger partial charge in [0.15, 0.2) is 0 Å². The first-order valence-electron chi connectivity index (χ1n) is 5.42. The van der Waals surface area contributed by atoms with E-state index in [0.29, 0.717) is 6.54 Å². The second-order valence-corrected chi connectivity index (χ2v) is 4.97.